The summed E-state index contributed by atoms with van der Waals surface area (Å²) < 4.78 is 0. The minimum atomic E-state index is -0.376. The number of para-hydroxylation sites is 1. The molecule has 1 N–H and O–H groups in total. The van der Waals surface area contributed by atoms with Gasteiger partial charge in [0.1, 0.15) is 0 Å². The Balaban J connectivity index is 1.57. The lowest BCUT2D eigenvalue weighted by atomic mass is 10.1. The summed E-state index contributed by atoms with van der Waals surface area (Å²) >= 11 is 5.89. The van der Waals surface area contributed by atoms with Crippen molar-refractivity contribution in [2.24, 2.45) is 5.92 Å². The first kappa shape index (κ1) is 19.8. The van der Waals surface area contributed by atoms with E-state index >= 15 is 0 Å². The average molecular weight is 396 g/mol. The van der Waals surface area contributed by atoms with E-state index in [1.807, 2.05) is 43.3 Å². The smallest absolute Gasteiger partial charge is 0.227 e. The second-order valence-electron chi connectivity index (χ2n) is 6.81. The zero-order valence-corrected chi connectivity index (χ0v) is 16.7. The Morgan fingerprint density at radius 2 is 1.93 bits per heavy atom. The summed E-state index contributed by atoms with van der Waals surface area (Å²) in [7, 11) is 3.93. The van der Waals surface area contributed by atoms with Crippen LogP contribution in [0.2, 0.25) is 5.02 Å². The van der Waals surface area contributed by atoms with Gasteiger partial charge in [0.25, 0.3) is 0 Å². The monoisotopic (exact) mass is 395 g/mol. The summed E-state index contributed by atoms with van der Waals surface area (Å²) in [4.78, 5) is 28.3. The first-order valence-corrected chi connectivity index (χ1v) is 9.42. The normalized spacial score (nSPS) is 15.8. The zero-order chi connectivity index (χ0) is 20.1. The quantitative estimate of drug-likeness (QED) is 0.810. The highest BCUT2D eigenvalue weighted by molar-refractivity contribution is 6.30. The van der Waals surface area contributed by atoms with Crippen molar-refractivity contribution in [1.82, 2.24) is 5.32 Å². The molecule has 5 nitrogen and oxygen atoms in total. The van der Waals surface area contributed by atoms with Crippen LogP contribution in [-0.2, 0) is 9.59 Å². The molecule has 0 saturated carbocycles. The van der Waals surface area contributed by atoms with E-state index in [2.05, 4.69) is 17.2 Å². The Bertz CT molecular complexity index is 929. The fourth-order valence-electron chi connectivity index (χ4n) is 3.14. The Morgan fingerprint density at radius 1 is 1.21 bits per heavy atom. The Hall–Kier alpha value is -2.97. The van der Waals surface area contributed by atoms with Crippen molar-refractivity contribution in [2.45, 2.75) is 6.42 Å². The minimum Gasteiger partial charge on any atom is -0.377 e. The van der Waals surface area contributed by atoms with E-state index in [1.54, 1.807) is 29.2 Å². The van der Waals surface area contributed by atoms with Crippen molar-refractivity contribution in [2.75, 3.05) is 37.0 Å². The number of anilines is 2. The van der Waals surface area contributed by atoms with Gasteiger partial charge >= 0.3 is 0 Å². The van der Waals surface area contributed by atoms with Gasteiger partial charge in [0, 0.05) is 43.3 Å². The zero-order valence-electron chi connectivity index (χ0n) is 15.9. The molecule has 3 rings (SSSR count). The molecule has 2 aromatic carbocycles. The molecular formula is C22H22ClN3O2. The molecule has 0 radical (unpaired) electrons. The number of carbonyl (C=O) groups is 2. The molecule has 1 aliphatic rings. The summed E-state index contributed by atoms with van der Waals surface area (Å²) in [6.45, 7) is 0.607. The summed E-state index contributed by atoms with van der Waals surface area (Å²) in [6, 6.07) is 14.9. The predicted octanol–water partition coefficient (Wildman–Crippen LogP) is 2.93. The van der Waals surface area contributed by atoms with Gasteiger partial charge in [-0.25, -0.2) is 0 Å². The summed E-state index contributed by atoms with van der Waals surface area (Å²) in [5.41, 5.74) is 2.69. The highest BCUT2D eigenvalue weighted by atomic mass is 35.5. The van der Waals surface area contributed by atoms with Gasteiger partial charge in [0.05, 0.1) is 18.2 Å². The number of carbonyl (C=O) groups excluding carboxylic acids is 2. The summed E-state index contributed by atoms with van der Waals surface area (Å²) in [6.07, 6.45) is 0.200. The molecule has 2 aromatic rings. The predicted molar refractivity (Wildman–Crippen MR) is 113 cm³/mol. The maximum atomic E-state index is 12.4. The third-order valence-corrected chi connectivity index (χ3v) is 4.85. The second-order valence-corrected chi connectivity index (χ2v) is 7.25. The number of rotatable bonds is 4. The Labute approximate surface area is 170 Å². The van der Waals surface area contributed by atoms with Crippen LogP contribution in [0.3, 0.4) is 0 Å². The molecule has 144 valence electrons. The molecule has 1 heterocycles. The second kappa shape index (κ2) is 8.81. The van der Waals surface area contributed by atoms with E-state index in [-0.39, 0.29) is 30.7 Å². The molecule has 0 spiro atoms. The van der Waals surface area contributed by atoms with Crippen LogP contribution >= 0.6 is 11.6 Å². The lowest BCUT2D eigenvalue weighted by molar-refractivity contribution is -0.126. The molecule has 1 saturated heterocycles. The molecule has 1 unspecified atom stereocenters. The number of halogens is 1. The molecule has 1 fully saturated rings. The van der Waals surface area contributed by atoms with E-state index in [0.29, 0.717) is 11.6 Å². The number of nitrogens with zero attached hydrogens (tertiary/aromatic N) is 2. The largest absolute Gasteiger partial charge is 0.377 e. The van der Waals surface area contributed by atoms with Crippen LogP contribution in [0.1, 0.15) is 12.0 Å². The topological polar surface area (TPSA) is 52.7 Å². The molecule has 1 aliphatic heterocycles. The van der Waals surface area contributed by atoms with Gasteiger partial charge in [-0.15, -0.1) is 0 Å². The van der Waals surface area contributed by atoms with E-state index in [0.717, 1.165) is 16.9 Å². The van der Waals surface area contributed by atoms with Crippen LogP contribution in [0.5, 0.6) is 0 Å². The van der Waals surface area contributed by atoms with Crippen molar-refractivity contribution >= 4 is 34.8 Å². The third kappa shape index (κ3) is 4.65. The van der Waals surface area contributed by atoms with Crippen LogP contribution in [-0.4, -0.2) is 39.0 Å². The average Bonchev–Trinajstić information content (AvgIpc) is 3.07. The lowest BCUT2D eigenvalue weighted by Crippen LogP contribution is -2.33. The van der Waals surface area contributed by atoms with Crippen molar-refractivity contribution in [1.29, 1.82) is 0 Å². The van der Waals surface area contributed by atoms with Crippen LogP contribution in [0.4, 0.5) is 11.4 Å². The lowest BCUT2D eigenvalue weighted by Gasteiger charge is -2.16. The van der Waals surface area contributed by atoms with Gasteiger partial charge in [0.2, 0.25) is 11.8 Å². The van der Waals surface area contributed by atoms with E-state index < -0.39 is 0 Å². The highest BCUT2D eigenvalue weighted by Crippen LogP contribution is 2.26. The van der Waals surface area contributed by atoms with E-state index in [1.165, 1.54) is 0 Å². The summed E-state index contributed by atoms with van der Waals surface area (Å²) in [5.74, 6) is 5.49. The molecule has 6 heteroatoms. The van der Waals surface area contributed by atoms with Gasteiger partial charge in [-0.3, -0.25) is 9.59 Å². The van der Waals surface area contributed by atoms with Crippen LogP contribution < -0.4 is 15.1 Å². The molecule has 1 atom stereocenters. The molecule has 0 aliphatic carbocycles. The minimum absolute atomic E-state index is 0.0616. The van der Waals surface area contributed by atoms with Gasteiger partial charge in [0.15, 0.2) is 0 Å². The van der Waals surface area contributed by atoms with E-state index in [9.17, 15) is 9.59 Å². The van der Waals surface area contributed by atoms with Crippen molar-refractivity contribution in [3.8, 4) is 11.8 Å². The van der Waals surface area contributed by atoms with Crippen molar-refractivity contribution in [3.05, 3.63) is 59.1 Å². The van der Waals surface area contributed by atoms with Crippen molar-refractivity contribution < 1.29 is 9.59 Å². The first-order valence-electron chi connectivity index (χ1n) is 9.04. The Kier molecular flexibility index (Phi) is 6.23. The third-order valence-electron chi connectivity index (χ3n) is 4.59. The number of hydrogen-bond donors (Lipinski definition) is 1. The number of amides is 2. The van der Waals surface area contributed by atoms with Gasteiger partial charge < -0.3 is 15.1 Å². The first-order chi connectivity index (χ1) is 13.5. The summed E-state index contributed by atoms with van der Waals surface area (Å²) in [5, 5.41) is 3.43. The number of hydrogen-bond acceptors (Lipinski definition) is 3. The van der Waals surface area contributed by atoms with Gasteiger partial charge in [-0.05, 0) is 36.4 Å². The molecular weight excluding hydrogens is 374 g/mol. The Morgan fingerprint density at radius 3 is 2.64 bits per heavy atom. The fourth-order valence-corrected chi connectivity index (χ4v) is 3.26. The molecule has 0 bridgehead atoms. The number of benzene rings is 2. The van der Waals surface area contributed by atoms with E-state index in [4.69, 9.17) is 11.6 Å². The molecule has 2 amide bonds. The van der Waals surface area contributed by atoms with Crippen LogP contribution in [0.25, 0.3) is 0 Å². The number of nitrogens with one attached hydrogen (secondary N) is 1. The molecule has 0 aromatic heterocycles. The van der Waals surface area contributed by atoms with Crippen LogP contribution in [0, 0.1) is 17.8 Å². The van der Waals surface area contributed by atoms with Gasteiger partial charge in [-0.2, -0.15) is 0 Å². The van der Waals surface area contributed by atoms with Gasteiger partial charge in [-0.1, -0.05) is 35.6 Å². The highest BCUT2D eigenvalue weighted by Gasteiger charge is 2.34. The maximum absolute atomic E-state index is 12.4. The van der Waals surface area contributed by atoms with Crippen molar-refractivity contribution in [3.63, 3.8) is 0 Å². The van der Waals surface area contributed by atoms with Crippen LogP contribution in [0.15, 0.2) is 48.5 Å². The molecule has 28 heavy (non-hydrogen) atoms. The standard InChI is InChI=1S/C22H22ClN3O2/c1-25(2)20-8-4-3-6-16(20)7-5-13-24-22(28)17-14-21(27)26(15-17)19-11-9-18(23)10-12-19/h3-4,6,8-12,17H,13-15H2,1-2H3,(H,24,28). The fraction of sp³-hybridized carbons (Fsp3) is 0.273. The SMILES string of the molecule is CN(C)c1ccccc1C#CCNC(=O)C1CC(=O)N(c2ccc(Cl)cc2)C1. The maximum Gasteiger partial charge on any atom is 0.227 e.